The molecule has 0 unspecified atom stereocenters. The topological polar surface area (TPSA) is 158 Å². The Morgan fingerprint density at radius 2 is 1.40 bits per heavy atom. The molecule has 0 aliphatic heterocycles. The molecule has 242 valence electrons. The lowest BCUT2D eigenvalue weighted by Crippen LogP contribution is -2.27. The molecule has 4 aromatic carbocycles. The molecule has 12 nitrogen and oxygen atoms in total. The predicted molar refractivity (Wildman–Crippen MR) is 175 cm³/mol. The number of nitrogens with two attached hydrogens (primary N) is 1. The Morgan fingerprint density at radius 1 is 0.766 bits per heavy atom. The molecule has 47 heavy (non-hydrogen) atoms. The van der Waals surface area contributed by atoms with E-state index in [9.17, 15) is 19.5 Å². The van der Waals surface area contributed by atoms with Crippen molar-refractivity contribution in [3.63, 3.8) is 0 Å². The van der Waals surface area contributed by atoms with Crippen LogP contribution < -0.4 is 35.0 Å². The van der Waals surface area contributed by atoms with Crippen LogP contribution >= 0.6 is 0 Å². The minimum Gasteiger partial charge on any atom is -0.493 e. The highest BCUT2D eigenvalue weighted by atomic mass is 16.5. The van der Waals surface area contributed by atoms with Crippen LogP contribution in [0.4, 0.5) is 5.69 Å². The first-order valence-electron chi connectivity index (χ1n) is 14.2. The number of anilines is 1. The second-order valence-corrected chi connectivity index (χ2v) is 10.2. The average Bonchev–Trinajstić information content (AvgIpc) is 3.09. The van der Waals surface area contributed by atoms with Gasteiger partial charge in [-0.15, -0.1) is 0 Å². The lowest BCUT2D eigenvalue weighted by Gasteiger charge is -2.21. The molecule has 0 saturated heterocycles. The first-order valence-corrected chi connectivity index (χ1v) is 14.2. The number of carbonyl (C=O) groups excluding carboxylic acids is 1. The first kappa shape index (κ1) is 32.2. The molecule has 0 spiro atoms. The number of aromatic carboxylic acids is 1. The summed E-state index contributed by atoms with van der Waals surface area (Å²) in [6.07, 6.45) is 0. The smallest absolute Gasteiger partial charge is 0.355 e. The molecule has 0 saturated carbocycles. The highest BCUT2D eigenvalue weighted by molar-refractivity contribution is 6.08. The van der Waals surface area contributed by atoms with Gasteiger partial charge in [0.05, 0.1) is 46.5 Å². The zero-order valence-electron chi connectivity index (χ0n) is 26.3. The fourth-order valence-corrected chi connectivity index (χ4v) is 5.31. The molecule has 0 radical (unpaired) electrons. The number of pyridine rings is 1. The third kappa shape index (κ3) is 6.08. The van der Waals surface area contributed by atoms with Crippen LogP contribution in [0.1, 0.15) is 26.4 Å². The van der Waals surface area contributed by atoms with Gasteiger partial charge in [0.2, 0.25) is 5.75 Å². The second kappa shape index (κ2) is 13.4. The highest BCUT2D eigenvalue weighted by Crippen LogP contribution is 2.45. The molecule has 1 heterocycles. The Labute approximate surface area is 269 Å². The first-order chi connectivity index (χ1) is 22.6. The number of ether oxygens (including phenoxy) is 6. The Morgan fingerprint density at radius 3 is 1.98 bits per heavy atom. The van der Waals surface area contributed by atoms with Crippen molar-refractivity contribution in [2.24, 2.45) is 0 Å². The molecule has 0 aliphatic carbocycles. The van der Waals surface area contributed by atoms with Crippen molar-refractivity contribution in [1.29, 1.82) is 0 Å². The van der Waals surface area contributed by atoms with Gasteiger partial charge in [0.15, 0.2) is 23.0 Å². The molecule has 1 aromatic heterocycles. The monoisotopic (exact) mass is 640 g/mol. The molecular weight excluding hydrogens is 608 g/mol. The summed E-state index contributed by atoms with van der Waals surface area (Å²) in [6.45, 7) is -0.0187. The number of aromatic nitrogens is 1. The van der Waals surface area contributed by atoms with E-state index in [1.807, 2.05) is 0 Å². The van der Waals surface area contributed by atoms with Crippen LogP contribution in [0.15, 0.2) is 77.6 Å². The van der Waals surface area contributed by atoms with Gasteiger partial charge in [-0.3, -0.25) is 9.36 Å². The van der Waals surface area contributed by atoms with Crippen LogP contribution in [0.3, 0.4) is 0 Å². The fourth-order valence-electron chi connectivity index (χ4n) is 5.31. The molecule has 0 fully saturated rings. The van der Waals surface area contributed by atoms with E-state index in [1.165, 1.54) is 58.3 Å². The zero-order valence-corrected chi connectivity index (χ0v) is 26.3. The van der Waals surface area contributed by atoms with E-state index in [4.69, 9.17) is 34.2 Å². The quantitative estimate of drug-likeness (QED) is 0.142. The Bertz CT molecular complexity index is 2030. The maximum absolute atomic E-state index is 14.4. The molecule has 3 N–H and O–H groups in total. The molecule has 0 amide bonds. The third-order valence-electron chi connectivity index (χ3n) is 7.52. The number of nitrogen functional groups attached to an aromatic ring is 1. The average molecular weight is 641 g/mol. The van der Waals surface area contributed by atoms with Gasteiger partial charge in [-0.2, -0.15) is 0 Å². The lowest BCUT2D eigenvalue weighted by molar-refractivity contribution is 0.0590. The van der Waals surface area contributed by atoms with Crippen LogP contribution in [0.5, 0.6) is 28.7 Å². The van der Waals surface area contributed by atoms with Gasteiger partial charge in [-0.05, 0) is 71.8 Å². The van der Waals surface area contributed by atoms with Crippen molar-refractivity contribution < 1.29 is 43.1 Å². The van der Waals surface area contributed by atoms with E-state index in [0.717, 1.165) is 0 Å². The van der Waals surface area contributed by atoms with Crippen molar-refractivity contribution in [2.45, 2.75) is 6.61 Å². The van der Waals surface area contributed by atoms with Gasteiger partial charge in [0, 0.05) is 22.3 Å². The van der Waals surface area contributed by atoms with E-state index in [2.05, 4.69) is 0 Å². The largest absolute Gasteiger partial charge is 0.493 e. The van der Waals surface area contributed by atoms with Crippen LogP contribution in [0.25, 0.3) is 27.6 Å². The van der Waals surface area contributed by atoms with E-state index in [1.54, 1.807) is 54.6 Å². The summed E-state index contributed by atoms with van der Waals surface area (Å²) >= 11 is 0. The summed E-state index contributed by atoms with van der Waals surface area (Å²) in [5.41, 5.74) is 7.56. The van der Waals surface area contributed by atoms with E-state index in [-0.39, 0.29) is 34.7 Å². The number of hydrogen-bond acceptors (Lipinski definition) is 10. The number of fused-ring (bicyclic) bond motifs is 1. The molecule has 0 atom stereocenters. The third-order valence-corrected chi connectivity index (χ3v) is 7.52. The number of carbonyl (C=O) groups is 2. The van der Waals surface area contributed by atoms with Gasteiger partial charge in [0.1, 0.15) is 12.3 Å². The number of esters is 1. The van der Waals surface area contributed by atoms with Crippen molar-refractivity contribution in [3.05, 3.63) is 100.0 Å². The zero-order chi connectivity index (χ0) is 33.8. The van der Waals surface area contributed by atoms with Gasteiger partial charge in [0.25, 0.3) is 5.56 Å². The van der Waals surface area contributed by atoms with Gasteiger partial charge in [-0.1, -0.05) is 12.1 Å². The summed E-state index contributed by atoms with van der Waals surface area (Å²) in [6, 6.07) is 19.2. The van der Waals surface area contributed by atoms with Gasteiger partial charge >= 0.3 is 11.9 Å². The summed E-state index contributed by atoms with van der Waals surface area (Å²) in [5.74, 6) is -0.446. The number of hydrogen-bond donors (Lipinski definition) is 2. The highest BCUT2D eigenvalue weighted by Gasteiger charge is 2.28. The van der Waals surface area contributed by atoms with Crippen LogP contribution in [0, 0.1) is 0 Å². The minimum absolute atomic E-state index is 0.0187. The van der Waals surface area contributed by atoms with Crippen molar-refractivity contribution in [1.82, 2.24) is 4.57 Å². The van der Waals surface area contributed by atoms with E-state index < -0.39 is 17.5 Å². The number of benzene rings is 4. The molecule has 5 rings (SSSR count). The van der Waals surface area contributed by atoms with Crippen molar-refractivity contribution in [3.8, 4) is 45.6 Å². The lowest BCUT2D eigenvalue weighted by atomic mass is 9.95. The predicted octanol–water partition coefficient (Wildman–Crippen LogP) is 5.34. The Balaban J connectivity index is 1.86. The second-order valence-electron chi connectivity index (χ2n) is 10.2. The van der Waals surface area contributed by atoms with Crippen molar-refractivity contribution in [2.75, 3.05) is 41.3 Å². The van der Waals surface area contributed by atoms with Crippen LogP contribution in [-0.2, 0) is 11.3 Å². The summed E-state index contributed by atoms with van der Waals surface area (Å²) in [4.78, 5) is 39.6. The Kier molecular flexibility index (Phi) is 9.22. The van der Waals surface area contributed by atoms with Crippen LogP contribution in [0.2, 0.25) is 0 Å². The summed E-state index contributed by atoms with van der Waals surface area (Å²) in [7, 11) is 7.07. The SMILES string of the molecule is COC(=O)c1c(-c2cc(OC)c(OC)c(OC)c2)c2cc(OC)c(OCc3cccc(C(=O)O)c3)cc2c(=O)n1-c1ccc(N)cc1. The Hall–Kier alpha value is -6.17. The fraction of sp³-hybridized carbons (Fsp3) is 0.171. The van der Waals surface area contributed by atoms with Gasteiger partial charge < -0.3 is 39.3 Å². The molecule has 0 bridgehead atoms. The normalized spacial score (nSPS) is 10.7. The van der Waals surface area contributed by atoms with E-state index >= 15 is 0 Å². The summed E-state index contributed by atoms with van der Waals surface area (Å²) < 4.78 is 35.0. The van der Waals surface area contributed by atoms with E-state index in [0.29, 0.717) is 50.7 Å². The standard InChI is InChI=1S/C35H32N2O10/c1-42-26-16-24-25(17-27(26)47-18-19-7-6-8-20(13-19)34(39)40)33(38)37(23-11-9-22(36)10-12-23)31(35(41)46-5)30(24)21-14-28(43-2)32(45-4)29(15-21)44-3/h6-17H,18,36H2,1-5H3,(H,39,40). The molecule has 12 heteroatoms. The number of methoxy groups -OCH3 is 5. The van der Waals surface area contributed by atoms with Gasteiger partial charge in [-0.25, -0.2) is 9.59 Å². The minimum atomic E-state index is -1.07. The summed E-state index contributed by atoms with van der Waals surface area (Å²) in [5, 5.41) is 9.91. The number of carboxylic acids is 1. The number of rotatable bonds is 11. The maximum atomic E-state index is 14.4. The number of carboxylic acid groups (broad SMARTS) is 1. The molecular formula is C35H32N2O10. The van der Waals surface area contributed by atoms with Crippen LogP contribution in [-0.4, -0.2) is 57.2 Å². The van der Waals surface area contributed by atoms with Crippen molar-refractivity contribution >= 4 is 28.4 Å². The molecule has 5 aromatic rings. The number of nitrogens with zero attached hydrogens (tertiary/aromatic N) is 1. The molecule has 0 aliphatic rings. The maximum Gasteiger partial charge on any atom is 0.355 e.